The van der Waals surface area contributed by atoms with Crippen LogP contribution in [0.3, 0.4) is 0 Å². The molecule has 0 heterocycles. The van der Waals surface area contributed by atoms with Crippen molar-refractivity contribution in [2.75, 3.05) is 6.61 Å². The lowest BCUT2D eigenvalue weighted by Gasteiger charge is -2.62. The summed E-state index contributed by atoms with van der Waals surface area (Å²) in [6.45, 7) is 4.46. The highest BCUT2D eigenvalue weighted by Gasteiger charge is 2.63. The Morgan fingerprint density at radius 3 is 2.48 bits per heavy atom. The van der Waals surface area contributed by atoms with Crippen LogP contribution in [0.5, 0.6) is 0 Å². The van der Waals surface area contributed by atoms with E-state index in [4.69, 9.17) is 0 Å². The van der Waals surface area contributed by atoms with Crippen LogP contribution in [-0.2, 0) is 0 Å². The maximum atomic E-state index is 11.3. The molecular weight excluding hydrogens is 316 g/mol. The summed E-state index contributed by atoms with van der Waals surface area (Å²) in [5.74, 6) is 2.06. The van der Waals surface area contributed by atoms with Crippen molar-refractivity contribution in [1.82, 2.24) is 0 Å². The van der Waals surface area contributed by atoms with Crippen LogP contribution in [0.2, 0.25) is 0 Å². The molecule has 0 aromatic carbocycles. The molecule has 0 aromatic heterocycles. The lowest BCUT2D eigenvalue weighted by Crippen LogP contribution is -2.59. The lowest BCUT2D eigenvalue weighted by atomic mass is 9.44. The van der Waals surface area contributed by atoms with Crippen LogP contribution in [-0.4, -0.2) is 45.3 Å². The van der Waals surface area contributed by atoms with Crippen molar-refractivity contribution in [2.24, 2.45) is 40.4 Å². The summed E-state index contributed by atoms with van der Waals surface area (Å²) in [5.41, 5.74) is 0.0939. The highest BCUT2D eigenvalue weighted by molar-refractivity contribution is 5.12. The second kappa shape index (κ2) is 6.19. The molecule has 25 heavy (non-hydrogen) atoms. The van der Waals surface area contributed by atoms with E-state index in [0.717, 1.165) is 44.9 Å². The first-order chi connectivity index (χ1) is 11.8. The Morgan fingerprint density at radius 1 is 1.00 bits per heavy atom. The van der Waals surface area contributed by atoms with Gasteiger partial charge in [-0.3, -0.25) is 0 Å². The second-order valence-corrected chi connectivity index (χ2v) is 10.2. The number of hydrogen-bond donors (Lipinski definition) is 4. The number of aliphatic hydroxyl groups excluding tert-OH is 4. The molecule has 4 heteroatoms. The highest BCUT2D eigenvalue weighted by Crippen LogP contribution is 2.67. The smallest absolute Gasteiger partial charge is 0.0804 e. The molecule has 0 saturated heterocycles. The summed E-state index contributed by atoms with van der Waals surface area (Å²) in [6, 6.07) is 0. The first kappa shape index (κ1) is 18.2. The molecule has 0 aliphatic heterocycles. The summed E-state index contributed by atoms with van der Waals surface area (Å²) in [7, 11) is 0. The van der Waals surface area contributed by atoms with Crippen LogP contribution in [0.1, 0.15) is 65.2 Å². The van der Waals surface area contributed by atoms with Crippen molar-refractivity contribution in [3.8, 4) is 0 Å². The SMILES string of the molecule is C[C@]12CC[C@H](O)C[C@@H]1CC[C@@H]1[C@@H]2[C@@H](O)C[C@]2(C)[C@@H](C(O)CO)CC[C@@H]12. The molecule has 4 aliphatic rings. The van der Waals surface area contributed by atoms with Gasteiger partial charge in [0, 0.05) is 0 Å². The molecule has 4 fully saturated rings. The predicted octanol–water partition coefficient (Wildman–Crippen LogP) is 2.33. The summed E-state index contributed by atoms with van der Waals surface area (Å²) in [6.07, 6.45) is 6.84. The third kappa shape index (κ3) is 2.55. The number of aliphatic hydroxyl groups is 4. The molecule has 0 amide bonds. The Kier molecular flexibility index (Phi) is 4.51. The average Bonchev–Trinajstić information content (AvgIpc) is 2.91. The van der Waals surface area contributed by atoms with Gasteiger partial charge in [-0.2, -0.15) is 0 Å². The van der Waals surface area contributed by atoms with Gasteiger partial charge in [0.15, 0.2) is 0 Å². The minimum Gasteiger partial charge on any atom is -0.394 e. The van der Waals surface area contributed by atoms with Gasteiger partial charge in [0.05, 0.1) is 24.9 Å². The van der Waals surface area contributed by atoms with E-state index in [2.05, 4.69) is 13.8 Å². The number of rotatable bonds is 2. The largest absolute Gasteiger partial charge is 0.394 e. The van der Waals surface area contributed by atoms with Crippen molar-refractivity contribution in [3.05, 3.63) is 0 Å². The van der Waals surface area contributed by atoms with Crippen LogP contribution in [0, 0.1) is 40.4 Å². The fourth-order valence-corrected chi connectivity index (χ4v) is 8.16. The van der Waals surface area contributed by atoms with Gasteiger partial charge in [0.25, 0.3) is 0 Å². The third-order valence-corrected chi connectivity index (χ3v) is 9.29. The average molecular weight is 353 g/mol. The van der Waals surface area contributed by atoms with Crippen LogP contribution < -0.4 is 0 Å². The highest BCUT2D eigenvalue weighted by atomic mass is 16.3. The van der Waals surface area contributed by atoms with Crippen molar-refractivity contribution in [2.45, 2.75) is 83.5 Å². The summed E-state index contributed by atoms with van der Waals surface area (Å²) in [5, 5.41) is 41.2. The van der Waals surface area contributed by atoms with Crippen molar-refractivity contribution in [1.29, 1.82) is 0 Å². The van der Waals surface area contributed by atoms with E-state index in [9.17, 15) is 20.4 Å². The quantitative estimate of drug-likeness (QED) is 0.615. The molecule has 0 spiro atoms. The van der Waals surface area contributed by atoms with E-state index in [1.54, 1.807) is 0 Å². The topological polar surface area (TPSA) is 80.9 Å². The van der Waals surface area contributed by atoms with Gasteiger partial charge in [-0.05, 0) is 91.8 Å². The van der Waals surface area contributed by atoms with Gasteiger partial charge < -0.3 is 20.4 Å². The molecule has 4 rings (SSSR count). The van der Waals surface area contributed by atoms with Gasteiger partial charge in [-0.25, -0.2) is 0 Å². The maximum absolute atomic E-state index is 11.3. The lowest BCUT2D eigenvalue weighted by molar-refractivity contribution is -0.183. The third-order valence-electron chi connectivity index (χ3n) is 9.29. The van der Waals surface area contributed by atoms with E-state index in [1.165, 1.54) is 6.42 Å². The van der Waals surface area contributed by atoms with Gasteiger partial charge in [0.1, 0.15) is 0 Å². The standard InChI is InChI=1S/C21H36O4/c1-20-8-7-13(23)9-12(20)3-4-14-15-5-6-16(18(25)11-22)21(15,2)10-17(24)19(14)20/h12-19,22-25H,3-11H2,1-2H3/t12-,13-,14-,15-,16+,17-,18?,19+,20-,21-/m0/s1. The van der Waals surface area contributed by atoms with E-state index in [0.29, 0.717) is 23.7 Å². The Bertz CT molecular complexity index is 510. The van der Waals surface area contributed by atoms with Crippen LogP contribution in [0.4, 0.5) is 0 Å². The monoisotopic (exact) mass is 352 g/mol. The van der Waals surface area contributed by atoms with Crippen LogP contribution in [0.25, 0.3) is 0 Å². The van der Waals surface area contributed by atoms with Crippen molar-refractivity contribution in [3.63, 3.8) is 0 Å². The zero-order valence-electron chi connectivity index (χ0n) is 15.8. The summed E-state index contributed by atoms with van der Waals surface area (Å²) < 4.78 is 0. The fraction of sp³-hybridized carbons (Fsp3) is 1.00. The molecule has 0 radical (unpaired) electrons. The molecule has 1 unspecified atom stereocenters. The van der Waals surface area contributed by atoms with Crippen LogP contribution in [0.15, 0.2) is 0 Å². The molecule has 4 saturated carbocycles. The zero-order chi connectivity index (χ0) is 18.0. The Hall–Kier alpha value is -0.160. The Morgan fingerprint density at radius 2 is 1.76 bits per heavy atom. The van der Waals surface area contributed by atoms with Gasteiger partial charge >= 0.3 is 0 Å². The van der Waals surface area contributed by atoms with E-state index in [1.807, 2.05) is 0 Å². The van der Waals surface area contributed by atoms with Gasteiger partial charge in [-0.15, -0.1) is 0 Å². The number of hydrogen-bond acceptors (Lipinski definition) is 4. The second-order valence-electron chi connectivity index (χ2n) is 10.2. The predicted molar refractivity (Wildman–Crippen MR) is 95.7 cm³/mol. The number of fused-ring (bicyclic) bond motifs is 5. The normalized spacial score (nSPS) is 56.6. The molecule has 4 aliphatic carbocycles. The van der Waals surface area contributed by atoms with E-state index >= 15 is 0 Å². The van der Waals surface area contributed by atoms with Gasteiger partial charge in [-0.1, -0.05) is 13.8 Å². The van der Waals surface area contributed by atoms with E-state index in [-0.39, 0.29) is 35.6 Å². The molecule has 0 aromatic rings. The van der Waals surface area contributed by atoms with Crippen molar-refractivity contribution < 1.29 is 20.4 Å². The Balaban J connectivity index is 1.64. The molecule has 10 atom stereocenters. The first-order valence-corrected chi connectivity index (χ1v) is 10.5. The molecule has 0 bridgehead atoms. The molecular formula is C21H36O4. The van der Waals surface area contributed by atoms with Gasteiger partial charge in [0.2, 0.25) is 0 Å². The molecule has 144 valence electrons. The molecule has 4 N–H and O–H groups in total. The zero-order valence-corrected chi connectivity index (χ0v) is 15.8. The Labute approximate surface area is 151 Å². The summed E-state index contributed by atoms with van der Waals surface area (Å²) in [4.78, 5) is 0. The maximum Gasteiger partial charge on any atom is 0.0804 e. The summed E-state index contributed by atoms with van der Waals surface area (Å²) >= 11 is 0. The first-order valence-electron chi connectivity index (χ1n) is 10.5. The molecule has 4 nitrogen and oxygen atoms in total. The van der Waals surface area contributed by atoms with Crippen molar-refractivity contribution >= 4 is 0 Å². The van der Waals surface area contributed by atoms with E-state index < -0.39 is 6.10 Å². The van der Waals surface area contributed by atoms with Crippen LogP contribution >= 0.6 is 0 Å². The minimum atomic E-state index is -0.657. The fourth-order valence-electron chi connectivity index (χ4n) is 8.16. The minimum absolute atomic E-state index is 0.0554.